The summed E-state index contributed by atoms with van der Waals surface area (Å²) in [6.07, 6.45) is 0.723. The van der Waals surface area contributed by atoms with Gasteiger partial charge in [-0.3, -0.25) is 0 Å². The Morgan fingerprint density at radius 2 is 1.89 bits per heavy atom. The van der Waals surface area contributed by atoms with Crippen LogP contribution in [0.4, 0.5) is 0 Å². The number of aryl methyl sites for hydroxylation is 2. The van der Waals surface area contributed by atoms with Crippen molar-refractivity contribution in [2.24, 2.45) is 0 Å². The fourth-order valence-corrected chi connectivity index (χ4v) is 2.79. The molecule has 0 aliphatic carbocycles. The van der Waals surface area contributed by atoms with Crippen molar-refractivity contribution in [3.8, 4) is 0 Å². The highest BCUT2D eigenvalue weighted by molar-refractivity contribution is 6.30. The molecule has 2 rings (SSSR count). The highest BCUT2D eigenvalue weighted by Gasteiger charge is 2.13. The van der Waals surface area contributed by atoms with Crippen LogP contribution in [0.2, 0.25) is 5.15 Å². The Balaban J connectivity index is 2.32. The minimum absolute atomic E-state index is 0.348. The van der Waals surface area contributed by atoms with Gasteiger partial charge in [0, 0.05) is 17.7 Å². The van der Waals surface area contributed by atoms with Gasteiger partial charge in [-0.15, -0.1) is 0 Å². The minimum atomic E-state index is 0.348. The van der Waals surface area contributed by atoms with Gasteiger partial charge >= 0.3 is 0 Å². The Morgan fingerprint density at radius 1 is 1.16 bits per heavy atom. The molecule has 3 heteroatoms. The molecule has 0 spiro atoms. The maximum atomic E-state index is 6.28. The Labute approximate surface area is 119 Å². The number of hydrogen-bond acceptors (Lipinski definition) is 2. The molecule has 100 valence electrons. The topological polar surface area (TPSA) is 25.8 Å². The lowest BCUT2D eigenvalue weighted by molar-refractivity contribution is 0.810. The lowest BCUT2D eigenvalue weighted by Gasteiger charge is -2.12. The molecule has 0 saturated heterocycles. The third-order valence-electron chi connectivity index (χ3n) is 3.16. The van der Waals surface area contributed by atoms with E-state index in [9.17, 15) is 0 Å². The summed E-state index contributed by atoms with van der Waals surface area (Å²) in [5.74, 6) is 1.14. The summed E-state index contributed by atoms with van der Waals surface area (Å²) in [6, 6.07) is 8.39. The van der Waals surface area contributed by atoms with Crippen molar-refractivity contribution < 1.29 is 0 Å². The van der Waals surface area contributed by atoms with E-state index < -0.39 is 0 Å². The van der Waals surface area contributed by atoms with Gasteiger partial charge in [-0.2, -0.15) is 0 Å². The minimum Gasteiger partial charge on any atom is -0.237 e. The number of halogens is 1. The van der Waals surface area contributed by atoms with E-state index in [2.05, 4.69) is 55.0 Å². The van der Waals surface area contributed by atoms with Crippen LogP contribution in [0.25, 0.3) is 0 Å². The van der Waals surface area contributed by atoms with Crippen molar-refractivity contribution in [2.75, 3.05) is 0 Å². The van der Waals surface area contributed by atoms with Crippen molar-refractivity contribution in [3.05, 3.63) is 57.6 Å². The van der Waals surface area contributed by atoms with Crippen molar-refractivity contribution in [2.45, 2.75) is 40.0 Å². The molecule has 0 fully saturated rings. The van der Waals surface area contributed by atoms with Gasteiger partial charge in [-0.25, -0.2) is 9.97 Å². The van der Waals surface area contributed by atoms with Gasteiger partial charge < -0.3 is 0 Å². The monoisotopic (exact) mass is 274 g/mol. The Kier molecular flexibility index (Phi) is 4.20. The van der Waals surface area contributed by atoms with Crippen LogP contribution < -0.4 is 0 Å². The maximum absolute atomic E-state index is 6.28. The summed E-state index contributed by atoms with van der Waals surface area (Å²) < 4.78 is 0. The van der Waals surface area contributed by atoms with Crippen LogP contribution in [0.1, 0.15) is 48.0 Å². The molecule has 0 N–H and O–H groups in total. The van der Waals surface area contributed by atoms with Gasteiger partial charge in [-0.1, -0.05) is 55.3 Å². The van der Waals surface area contributed by atoms with Crippen molar-refractivity contribution in [1.82, 2.24) is 9.97 Å². The van der Waals surface area contributed by atoms with Crippen LogP contribution in [0.5, 0.6) is 0 Å². The first-order valence-electron chi connectivity index (χ1n) is 6.56. The van der Waals surface area contributed by atoms with Gasteiger partial charge in [0.2, 0.25) is 0 Å². The molecule has 0 unspecified atom stereocenters. The smallest absolute Gasteiger partial charge is 0.136 e. The molecule has 0 atom stereocenters. The van der Waals surface area contributed by atoms with Crippen LogP contribution in [-0.4, -0.2) is 9.97 Å². The van der Waals surface area contributed by atoms with Crippen molar-refractivity contribution in [3.63, 3.8) is 0 Å². The number of hydrogen-bond donors (Lipinski definition) is 0. The number of rotatable bonds is 3. The summed E-state index contributed by atoms with van der Waals surface area (Å²) in [4.78, 5) is 9.02. The maximum Gasteiger partial charge on any atom is 0.136 e. The predicted octanol–water partition coefficient (Wildman–Crippen LogP) is 4.46. The number of aromatic nitrogens is 2. The normalized spacial score (nSPS) is 11.1. The molecular formula is C16H19ClN2. The van der Waals surface area contributed by atoms with E-state index in [0.29, 0.717) is 11.1 Å². The van der Waals surface area contributed by atoms with Gasteiger partial charge in [0.15, 0.2) is 0 Å². The molecule has 2 nitrogen and oxygen atoms in total. The Morgan fingerprint density at radius 3 is 2.47 bits per heavy atom. The second kappa shape index (κ2) is 5.70. The molecule has 0 amide bonds. The van der Waals surface area contributed by atoms with Gasteiger partial charge in [-0.05, 0) is 25.3 Å². The fourth-order valence-electron chi connectivity index (χ4n) is 2.34. The van der Waals surface area contributed by atoms with E-state index in [0.717, 1.165) is 23.5 Å². The van der Waals surface area contributed by atoms with Crippen LogP contribution in [0.15, 0.2) is 24.3 Å². The molecule has 0 bridgehead atoms. The van der Waals surface area contributed by atoms with Crippen molar-refractivity contribution >= 4 is 11.6 Å². The Hall–Kier alpha value is -1.41. The average Bonchev–Trinajstić information content (AvgIpc) is 2.27. The zero-order valence-corrected chi connectivity index (χ0v) is 12.6. The second-order valence-corrected chi connectivity index (χ2v) is 5.61. The van der Waals surface area contributed by atoms with Crippen molar-refractivity contribution in [1.29, 1.82) is 0 Å². The third-order valence-corrected chi connectivity index (χ3v) is 3.45. The standard InChI is InChI=1S/C16H19ClN2/c1-10(2)15-12(4)18-14(19-16(15)17)9-13-7-5-6-11(3)8-13/h5-8,10H,9H2,1-4H3. The molecule has 19 heavy (non-hydrogen) atoms. The van der Waals surface area contributed by atoms with E-state index in [1.165, 1.54) is 11.1 Å². The van der Waals surface area contributed by atoms with Gasteiger partial charge in [0.1, 0.15) is 11.0 Å². The molecule has 1 aromatic heterocycles. The molecule has 0 radical (unpaired) electrons. The number of nitrogens with zero attached hydrogens (tertiary/aromatic N) is 2. The summed E-state index contributed by atoms with van der Waals surface area (Å²) in [7, 11) is 0. The van der Waals surface area contributed by atoms with Crippen LogP contribution >= 0.6 is 11.6 Å². The molecular weight excluding hydrogens is 256 g/mol. The first-order valence-corrected chi connectivity index (χ1v) is 6.93. The van der Waals surface area contributed by atoms with E-state index in [-0.39, 0.29) is 0 Å². The summed E-state index contributed by atoms with van der Waals surface area (Å²) in [5.41, 5.74) is 4.50. The van der Waals surface area contributed by atoms with E-state index in [1.54, 1.807) is 0 Å². The highest BCUT2D eigenvalue weighted by Crippen LogP contribution is 2.25. The lowest BCUT2D eigenvalue weighted by atomic mass is 10.0. The molecule has 2 aromatic rings. The van der Waals surface area contributed by atoms with Gasteiger partial charge in [0.05, 0.1) is 0 Å². The summed E-state index contributed by atoms with van der Waals surface area (Å²) >= 11 is 6.28. The van der Waals surface area contributed by atoms with E-state index in [1.807, 2.05) is 6.92 Å². The largest absolute Gasteiger partial charge is 0.237 e. The molecule has 1 heterocycles. The zero-order chi connectivity index (χ0) is 14.0. The number of benzene rings is 1. The van der Waals surface area contributed by atoms with Crippen LogP contribution in [0.3, 0.4) is 0 Å². The molecule has 0 aliphatic heterocycles. The summed E-state index contributed by atoms with van der Waals surface area (Å²) in [6.45, 7) is 8.31. The molecule has 0 saturated carbocycles. The average molecular weight is 275 g/mol. The molecule has 0 aliphatic rings. The predicted molar refractivity (Wildman–Crippen MR) is 79.9 cm³/mol. The molecule has 1 aromatic carbocycles. The highest BCUT2D eigenvalue weighted by atomic mass is 35.5. The quantitative estimate of drug-likeness (QED) is 0.772. The van der Waals surface area contributed by atoms with E-state index >= 15 is 0 Å². The van der Waals surface area contributed by atoms with Gasteiger partial charge in [0.25, 0.3) is 0 Å². The fraction of sp³-hybridized carbons (Fsp3) is 0.375. The Bertz CT molecular complexity index is 568. The first kappa shape index (κ1) is 14.0. The zero-order valence-electron chi connectivity index (χ0n) is 11.9. The second-order valence-electron chi connectivity index (χ2n) is 5.25. The van der Waals surface area contributed by atoms with E-state index in [4.69, 9.17) is 11.6 Å². The van der Waals surface area contributed by atoms with Crippen LogP contribution in [0, 0.1) is 13.8 Å². The first-order chi connectivity index (χ1) is 8.97. The third kappa shape index (κ3) is 3.32. The van der Waals surface area contributed by atoms with Crippen LogP contribution in [-0.2, 0) is 6.42 Å². The lowest BCUT2D eigenvalue weighted by Crippen LogP contribution is -2.05. The summed E-state index contributed by atoms with van der Waals surface area (Å²) in [5, 5.41) is 0.588. The SMILES string of the molecule is Cc1cccc(Cc2nc(C)c(C(C)C)c(Cl)n2)c1.